The van der Waals surface area contributed by atoms with Crippen molar-refractivity contribution in [2.45, 2.75) is 19.9 Å². The Balaban J connectivity index is 2.72. The summed E-state index contributed by atoms with van der Waals surface area (Å²) in [7, 11) is 2.92. The first-order chi connectivity index (χ1) is 10.8. The van der Waals surface area contributed by atoms with Crippen molar-refractivity contribution >= 4 is 29.1 Å². The zero-order valence-electron chi connectivity index (χ0n) is 13.6. The second-order valence-electron chi connectivity index (χ2n) is 5.22. The summed E-state index contributed by atoms with van der Waals surface area (Å²) >= 11 is 6.00. The Morgan fingerprint density at radius 2 is 1.83 bits per heavy atom. The predicted octanol–water partition coefficient (Wildman–Crippen LogP) is 1.40. The largest absolute Gasteiger partial charge is 0.495 e. The number of amides is 2. The minimum absolute atomic E-state index is 0.0151. The van der Waals surface area contributed by atoms with Crippen LogP contribution in [0.4, 0.5) is 5.69 Å². The number of carbonyl (C=O) groups excluding carboxylic acids is 2. The van der Waals surface area contributed by atoms with E-state index in [-0.39, 0.29) is 18.4 Å². The van der Waals surface area contributed by atoms with E-state index in [4.69, 9.17) is 26.8 Å². The molecule has 1 aromatic rings. The van der Waals surface area contributed by atoms with E-state index in [1.165, 1.54) is 20.3 Å². The Labute approximate surface area is 140 Å². The Bertz CT molecular complexity index is 578. The second kappa shape index (κ2) is 8.59. The van der Waals surface area contributed by atoms with Crippen LogP contribution < -0.4 is 25.8 Å². The van der Waals surface area contributed by atoms with Crippen LogP contribution in [0.25, 0.3) is 0 Å². The van der Waals surface area contributed by atoms with Gasteiger partial charge in [0.2, 0.25) is 11.8 Å². The van der Waals surface area contributed by atoms with Crippen molar-refractivity contribution in [1.82, 2.24) is 5.32 Å². The molecule has 7 nitrogen and oxygen atoms in total. The van der Waals surface area contributed by atoms with E-state index in [0.29, 0.717) is 22.2 Å². The molecule has 0 aliphatic rings. The van der Waals surface area contributed by atoms with Gasteiger partial charge in [-0.3, -0.25) is 9.59 Å². The lowest BCUT2D eigenvalue weighted by molar-refractivity contribution is -0.125. The fraction of sp³-hybridized carbons (Fsp3) is 0.467. The minimum atomic E-state index is -0.659. The molecule has 0 unspecified atom stereocenters. The monoisotopic (exact) mass is 343 g/mol. The van der Waals surface area contributed by atoms with Crippen LogP contribution in [0.2, 0.25) is 5.02 Å². The molecular weight excluding hydrogens is 322 g/mol. The second-order valence-corrected chi connectivity index (χ2v) is 5.63. The van der Waals surface area contributed by atoms with Crippen molar-refractivity contribution in [1.29, 1.82) is 0 Å². The number of nitrogens with one attached hydrogen (secondary N) is 2. The molecule has 0 aliphatic heterocycles. The van der Waals surface area contributed by atoms with Gasteiger partial charge in [0.05, 0.1) is 37.5 Å². The number of rotatable bonds is 7. The summed E-state index contributed by atoms with van der Waals surface area (Å²) in [5.41, 5.74) is 6.09. The highest BCUT2D eigenvalue weighted by Gasteiger charge is 2.18. The van der Waals surface area contributed by atoms with Gasteiger partial charge >= 0.3 is 0 Å². The van der Waals surface area contributed by atoms with Gasteiger partial charge in [0.15, 0.2) is 0 Å². The Hall–Kier alpha value is -1.99. The number of hydrogen-bond acceptors (Lipinski definition) is 5. The molecule has 1 rings (SSSR count). The summed E-state index contributed by atoms with van der Waals surface area (Å²) in [5.74, 6) is -0.0329. The van der Waals surface area contributed by atoms with E-state index < -0.39 is 11.9 Å². The summed E-state index contributed by atoms with van der Waals surface area (Å²) in [6, 6.07) is 2.41. The molecule has 0 spiro atoms. The van der Waals surface area contributed by atoms with Gasteiger partial charge in [0.25, 0.3) is 0 Å². The predicted molar refractivity (Wildman–Crippen MR) is 89.0 cm³/mol. The maximum absolute atomic E-state index is 12.0. The summed E-state index contributed by atoms with van der Waals surface area (Å²) < 4.78 is 10.3. The van der Waals surface area contributed by atoms with Gasteiger partial charge in [-0.25, -0.2) is 0 Å². The topological polar surface area (TPSA) is 103 Å². The van der Waals surface area contributed by atoms with E-state index >= 15 is 0 Å². The van der Waals surface area contributed by atoms with Crippen molar-refractivity contribution in [2.75, 3.05) is 26.1 Å². The molecule has 0 saturated carbocycles. The molecule has 128 valence electrons. The summed E-state index contributed by atoms with van der Waals surface area (Å²) in [4.78, 5) is 23.7. The highest BCUT2D eigenvalue weighted by atomic mass is 35.5. The molecule has 0 radical (unpaired) electrons. The van der Waals surface area contributed by atoms with Gasteiger partial charge in [-0.1, -0.05) is 25.4 Å². The lowest BCUT2D eigenvalue weighted by Crippen LogP contribution is -2.46. The third kappa shape index (κ3) is 5.30. The number of ether oxygens (including phenoxy) is 2. The van der Waals surface area contributed by atoms with Gasteiger partial charge in [-0.2, -0.15) is 0 Å². The van der Waals surface area contributed by atoms with Crippen LogP contribution in [-0.2, 0) is 9.59 Å². The van der Waals surface area contributed by atoms with Crippen LogP contribution in [0, 0.1) is 5.92 Å². The van der Waals surface area contributed by atoms with E-state index in [1.807, 2.05) is 13.8 Å². The summed E-state index contributed by atoms with van der Waals surface area (Å²) in [6.07, 6.45) is 0. The fourth-order valence-corrected chi connectivity index (χ4v) is 1.97. The van der Waals surface area contributed by atoms with Crippen LogP contribution in [0.5, 0.6) is 11.5 Å². The quantitative estimate of drug-likeness (QED) is 0.694. The molecule has 1 atom stereocenters. The van der Waals surface area contributed by atoms with Crippen molar-refractivity contribution < 1.29 is 19.1 Å². The molecular formula is C15H22ClN3O4. The lowest BCUT2D eigenvalue weighted by atomic mass is 10.1. The third-order valence-electron chi connectivity index (χ3n) is 3.19. The molecule has 23 heavy (non-hydrogen) atoms. The van der Waals surface area contributed by atoms with Gasteiger partial charge in [0, 0.05) is 12.1 Å². The number of methoxy groups -OCH3 is 2. The van der Waals surface area contributed by atoms with Gasteiger partial charge in [0.1, 0.15) is 11.5 Å². The van der Waals surface area contributed by atoms with Crippen molar-refractivity contribution in [2.24, 2.45) is 11.7 Å². The number of halogens is 1. The first kappa shape index (κ1) is 19.1. The molecule has 0 bridgehead atoms. The van der Waals surface area contributed by atoms with Crippen molar-refractivity contribution in [3.8, 4) is 11.5 Å². The summed E-state index contributed by atoms with van der Waals surface area (Å²) in [5, 5.41) is 5.48. The van der Waals surface area contributed by atoms with Crippen LogP contribution in [0.1, 0.15) is 13.8 Å². The van der Waals surface area contributed by atoms with E-state index in [1.54, 1.807) is 6.07 Å². The van der Waals surface area contributed by atoms with Crippen molar-refractivity contribution in [3.05, 3.63) is 17.2 Å². The van der Waals surface area contributed by atoms with E-state index in [2.05, 4.69) is 10.6 Å². The molecule has 1 aromatic carbocycles. The minimum Gasteiger partial charge on any atom is -0.495 e. The molecule has 0 aromatic heterocycles. The van der Waals surface area contributed by atoms with Gasteiger partial charge < -0.3 is 25.8 Å². The Morgan fingerprint density at radius 3 is 2.35 bits per heavy atom. The zero-order valence-corrected chi connectivity index (χ0v) is 14.4. The molecule has 0 saturated heterocycles. The number of nitrogens with two attached hydrogens (primary N) is 1. The fourth-order valence-electron chi connectivity index (χ4n) is 1.74. The number of benzene rings is 1. The van der Waals surface area contributed by atoms with Crippen LogP contribution in [0.3, 0.4) is 0 Å². The normalized spacial score (nSPS) is 11.8. The highest BCUT2D eigenvalue weighted by molar-refractivity contribution is 6.32. The average Bonchev–Trinajstić information content (AvgIpc) is 2.52. The maximum atomic E-state index is 12.0. The third-order valence-corrected chi connectivity index (χ3v) is 3.49. The van der Waals surface area contributed by atoms with Gasteiger partial charge in [-0.15, -0.1) is 0 Å². The number of hydrogen-bond donors (Lipinski definition) is 3. The van der Waals surface area contributed by atoms with Crippen LogP contribution in [-0.4, -0.2) is 38.6 Å². The number of anilines is 1. The van der Waals surface area contributed by atoms with Crippen LogP contribution in [0.15, 0.2) is 12.1 Å². The summed E-state index contributed by atoms with van der Waals surface area (Å²) in [6.45, 7) is 3.46. The van der Waals surface area contributed by atoms with Gasteiger partial charge in [-0.05, 0) is 5.92 Å². The first-order valence-electron chi connectivity index (χ1n) is 7.04. The number of carbonyl (C=O) groups is 2. The van der Waals surface area contributed by atoms with E-state index in [0.717, 1.165) is 0 Å². The highest BCUT2D eigenvalue weighted by Crippen LogP contribution is 2.35. The zero-order chi connectivity index (χ0) is 17.6. The van der Waals surface area contributed by atoms with Crippen molar-refractivity contribution in [3.63, 3.8) is 0 Å². The smallest absolute Gasteiger partial charge is 0.243 e. The van der Waals surface area contributed by atoms with Crippen LogP contribution >= 0.6 is 11.6 Å². The molecule has 4 N–H and O–H groups in total. The average molecular weight is 344 g/mol. The van der Waals surface area contributed by atoms with E-state index in [9.17, 15) is 9.59 Å². The molecule has 8 heteroatoms. The Morgan fingerprint density at radius 1 is 1.22 bits per heavy atom. The maximum Gasteiger partial charge on any atom is 0.243 e. The molecule has 0 heterocycles. The standard InChI is InChI=1S/C15H22ClN3O4/c1-8(2)14(17)15(21)18-7-13(20)19-10-6-11(22-3)9(16)5-12(10)23-4/h5-6,8,14H,7,17H2,1-4H3,(H,18,21)(H,19,20)/t14-/m0/s1. The molecule has 0 aliphatic carbocycles. The molecule has 2 amide bonds. The lowest BCUT2D eigenvalue weighted by Gasteiger charge is -2.16. The Kier molecular flexibility index (Phi) is 7.12. The molecule has 0 fully saturated rings. The SMILES string of the molecule is COc1cc(NC(=O)CNC(=O)[C@@H](N)C(C)C)c(OC)cc1Cl. The first-order valence-corrected chi connectivity index (χ1v) is 7.42.